The van der Waals surface area contributed by atoms with Gasteiger partial charge in [0.1, 0.15) is 6.04 Å². The highest BCUT2D eigenvalue weighted by molar-refractivity contribution is 6.24. The summed E-state index contributed by atoms with van der Waals surface area (Å²) in [5.74, 6) is -1.41. The lowest BCUT2D eigenvalue weighted by Gasteiger charge is -2.27. The van der Waals surface area contributed by atoms with Crippen molar-refractivity contribution >= 4 is 23.6 Å². The summed E-state index contributed by atoms with van der Waals surface area (Å²) in [6.45, 7) is 4.06. The molecule has 3 rings (SSSR count). The van der Waals surface area contributed by atoms with Crippen molar-refractivity contribution in [3.63, 3.8) is 0 Å². The molecule has 0 radical (unpaired) electrons. The number of nitrogens with zero attached hydrogens (tertiary/aromatic N) is 1. The van der Waals surface area contributed by atoms with Gasteiger partial charge in [0.05, 0.1) is 11.1 Å². The third-order valence-electron chi connectivity index (χ3n) is 5.34. The molecule has 1 aromatic carbocycles. The van der Waals surface area contributed by atoms with E-state index in [2.05, 4.69) is 17.6 Å². The number of carbonyl (C=O) groups excluding carboxylic acids is 4. The van der Waals surface area contributed by atoms with Crippen molar-refractivity contribution in [2.24, 2.45) is 11.7 Å². The van der Waals surface area contributed by atoms with Crippen LogP contribution in [0.5, 0.6) is 0 Å². The van der Waals surface area contributed by atoms with Crippen LogP contribution in [-0.2, 0) is 16.1 Å². The maximum Gasteiger partial charge on any atom is 0.262 e. The number of benzene rings is 1. The predicted molar refractivity (Wildman–Crippen MR) is 102 cm³/mol. The van der Waals surface area contributed by atoms with Crippen molar-refractivity contribution in [2.75, 3.05) is 13.1 Å². The molecule has 2 aliphatic heterocycles. The number of nitrogens with one attached hydrogen (secondary N) is 2. The van der Waals surface area contributed by atoms with Crippen LogP contribution in [0.4, 0.5) is 0 Å². The van der Waals surface area contributed by atoms with Crippen molar-refractivity contribution in [3.05, 3.63) is 34.9 Å². The van der Waals surface area contributed by atoms with E-state index in [1.54, 1.807) is 12.1 Å². The first-order valence-electron chi connectivity index (χ1n) is 9.68. The number of fused-ring (bicyclic) bond motifs is 1. The smallest absolute Gasteiger partial charge is 0.262 e. The molecular formula is C20H26N4O4. The zero-order valence-electron chi connectivity index (χ0n) is 16.0. The monoisotopic (exact) mass is 386 g/mol. The predicted octanol–water partition coefficient (Wildman–Crippen LogP) is 0.552. The van der Waals surface area contributed by atoms with Gasteiger partial charge < -0.3 is 11.1 Å². The highest BCUT2D eigenvalue weighted by Gasteiger charge is 2.45. The van der Waals surface area contributed by atoms with E-state index in [0.717, 1.165) is 29.8 Å². The number of piperidine rings is 1. The maximum absolute atomic E-state index is 13.0. The number of amides is 4. The van der Waals surface area contributed by atoms with Crippen molar-refractivity contribution in [3.8, 4) is 0 Å². The van der Waals surface area contributed by atoms with Gasteiger partial charge in [-0.2, -0.15) is 0 Å². The molecule has 2 atom stereocenters. The van der Waals surface area contributed by atoms with E-state index in [9.17, 15) is 19.2 Å². The highest BCUT2D eigenvalue weighted by Crippen LogP contribution is 2.29. The Morgan fingerprint density at radius 1 is 1.21 bits per heavy atom. The molecule has 1 fully saturated rings. The molecule has 1 aromatic rings. The van der Waals surface area contributed by atoms with Crippen LogP contribution in [0.15, 0.2) is 18.2 Å². The Hall–Kier alpha value is -2.58. The largest absolute Gasteiger partial charge is 0.330 e. The molecule has 0 aromatic heterocycles. The lowest BCUT2D eigenvalue weighted by Crippen LogP contribution is -2.54. The Bertz CT molecular complexity index is 807. The topological polar surface area (TPSA) is 122 Å². The SMILES string of the molecule is C[C@@H](CCN)CCNCc1cccc2c1C(=O)N(C1CCC(=O)NC1=O)C2=O. The molecule has 0 bridgehead atoms. The molecule has 0 saturated carbocycles. The van der Waals surface area contributed by atoms with Gasteiger partial charge in [0, 0.05) is 13.0 Å². The van der Waals surface area contributed by atoms with Gasteiger partial charge in [0.2, 0.25) is 11.8 Å². The molecule has 28 heavy (non-hydrogen) atoms. The van der Waals surface area contributed by atoms with Gasteiger partial charge in [-0.05, 0) is 49.9 Å². The highest BCUT2D eigenvalue weighted by atomic mass is 16.2. The number of hydrogen-bond acceptors (Lipinski definition) is 6. The van der Waals surface area contributed by atoms with E-state index >= 15 is 0 Å². The minimum absolute atomic E-state index is 0.110. The molecule has 2 heterocycles. The van der Waals surface area contributed by atoms with E-state index in [4.69, 9.17) is 5.73 Å². The Kier molecular flexibility index (Phi) is 6.21. The Balaban J connectivity index is 1.71. The summed E-state index contributed by atoms with van der Waals surface area (Å²) < 4.78 is 0. The van der Waals surface area contributed by atoms with Gasteiger partial charge in [-0.3, -0.25) is 29.4 Å². The third-order valence-corrected chi connectivity index (χ3v) is 5.34. The summed E-state index contributed by atoms with van der Waals surface area (Å²) >= 11 is 0. The average Bonchev–Trinajstić information content (AvgIpc) is 2.91. The quantitative estimate of drug-likeness (QED) is 0.443. The number of hydrogen-bond donors (Lipinski definition) is 3. The number of rotatable bonds is 8. The van der Waals surface area contributed by atoms with Crippen LogP contribution in [0.3, 0.4) is 0 Å². The first-order chi connectivity index (χ1) is 13.4. The molecule has 0 spiro atoms. The summed E-state index contributed by atoms with van der Waals surface area (Å²) in [5.41, 5.74) is 6.96. The normalized spacial score (nSPS) is 20.4. The molecule has 8 nitrogen and oxygen atoms in total. The fourth-order valence-corrected chi connectivity index (χ4v) is 3.73. The summed E-state index contributed by atoms with van der Waals surface area (Å²) in [4.78, 5) is 50.3. The zero-order valence-corrected chi connectivity index (χ0v) is 16.0. The minimum atomic E-state index is -0.942. The second-order valence-electron chi connectivity index (χ2n) is 7.43. The maximum atomic E-state index is 13.0. The standard InChI is InChI=1S/C20H26N4O4/c1-12(7-9-21)8-10-22-11-13-3-2-4-14-17(13)20(28)24(19(14)27)15-5-6-16(25)23-18(15)26/h2-4,12,15,22H,5-11,21H2,1H3,(H,23,25,26)/t12-,15?/m0/s1. The van der Waals surface area contributed by atoms with Crippen LogP contribution in [-0.4, -0.2) is 47.7 Å². The Labute approximate surface area is 163 Å². The van der Waals surface area contributed by atoms with E-state index in [-0.39, 0.29) is 18.7 Å². The van der Waals surface area contributed by atoms with Gasteiger partial charge >= 0.3 is 0 Å². The van der Waals surface area contributed by atoms with Crippen molar-refractivity contribution in [2.45, 2.75) is 45.2 Å². The molecule has 0 aliphatic carbocycles. The summed E-state index contributed by atoms with van der Waals surface area (Å²) in [6.07, 6.45) is 2.21. The Morgan fingerprint density at radius 3 is 2.71 bits per heavy atom. The molecule has 8 heteroatoms. The van der Waals surface area contributed by atoms with Gasteiger partial charge in [0.25, 0.3) is 11.8 Å². The fourth-order valence-electron chi connectivity index (χ4n) is 3.73. The first-order valence-corrected chi connectivity index (χ1v) is 9.68. The van der Waals surface area contributed by atoms with Crippen molar-refractivity contribution < 1.29 is 19.2 Å². The molecular weight excluding hydrogens is 360 g/mol. The number of imide groups is 2. The first kappa shape index (κ1) is 20.2. The lowest BCUT2D eigenvalue weighted by atomic mass is 10.0. The van der Waals surface area contributed by atoms with Crippen LogP contribution in [0, 0.1) is 5.92 Å². The summed E-state index contributed by atoms with van der Waals surface area (Å²) in [5, 5.41) is 5.52. The van der Waals surface area contributed by atoms with Gasteiger partial charge in [-0.25, -0.2) is 0 Å². The van der Waals surface area contributed by atoms with E-state index < -0.39 is 23.8 Å². The van der Waals surface area contributed by atoms with Crippen LogP contribution < -0.4 is 16.4 Å². The molecule has 1 saturated heterocycles. The molecule has 4 N–H and O–H groups in total. The molecule has 150 valence electrons. The second kappa shape index (κ2) is 8.62. The Morgan fingerprint density at radius 2 is 2.00 bits per heavy atom. The summed E-state index contributed by atoms with van der Waals surface area (Å²) in [7, 11) is 0. The molecule has 1 unspecified atom stereocenters. The molecule has 2 aliphatic rings. The van der Waals surface area contributed by atoms with E-state index in [1.165, 1.54) is 0 Å². The average molecular weight is 386 g/mol. The van der Waals surface area contributed by atoms with Gasteiger partial charge in [0.15, 0.2) is 0 Å². The summed E-state index contributed by atoms with van der Waals surface area (Å²) in [6, 6.07) is 4.22. The van der Waals surface area contributed by atoms with Crippen molar-refractivity contribution in [1.29, 1.82) is 0 Å². The van der Waals surface area contributed by atoms with Crippen molar-refractivity contribution in [1.82, 2.24) is 15.5 Å². The van der Waals surface area contributed by atoms with Gasteiger partial charge in [-0.1, -0.05) is 19.1 Å². The third kappa shape index (κ3) is 3.98. The number of nitrogens with two attached hydrogens (primary N) is 1. The van der Waals surface area contributed by atoms with E-state index in [1.807, 2.05) is 6.07 Å². The lowest BCUT2D eigenvalue weighted by molar-refractivity contribution is -0.136. The second-order valence-corrected chi connectivity index (χ2v) is 7.43. The van der Waals surface area contributed by atoms with Gasteiger partial charge in [-0.15, -0.1) is 0 Å². The molecule has 4 amide bonds. The fraction of sp³-hybridized carbons (Fsp3) is 0.500. The number of carbonyl (C=O) groups is 4. The van der Waals surface area contributed by atoms with Crippen LogP contribution in [0.2, 0.25) is 0 Å². The van der Waals surface area contributed by atoms with Crippen LogP contribution >= 0.6 is 0 Å². The van der Waals surface area contributed by atoms with Crippen LogP contribution in [0.1, 0.15) is 58.9 Å². The van der Waals surface area contributed by atoms with E-state index in [0.29, 0.717) is 30.1 Å². The zero-order chi connectivity index (χ0) is 20.3. The van der Waals surface area contributed by atoms with Crippen LogP contribution in [0.25, 0.3) is 0 Å². The minimum Gasteiger partial charge on any atom is -0.330 e.